The van der Waals surface area contributed by atoms with E-state index in [4.69, 9.17) is 14.2 Å². The number of hydrogen-bond donors (Lipinski definition) is 1. The lowest BCUT2D eigenvalue weighted by Crippen LogP contribution is -2.40. The van der Waals surface area contributed by atoms with Gasteiger partial charge in [0, 0.05) is 38.5 Å². The highest BCUT2D eigenvalue weighted by atomic mass is 19.4. The number of nitrogens with one attached hydrogen (secondary N) is 1. The number of hydrogen-bond acceptors (Lipinski definition) is 6. The van der Waals surface area contributed by atoms with Crippen molar-refractivity contribution in [1.82, 2.24) is 14.8 Å². The van der Waals surface area contributed by atoms with Crippen LogP contribution in [0.15, 0.2) is 30.5 Å². The smallest absolute Gasteiger partial charge is 0.417 e. The Bertz CT molecular complexity index is 1030. The van der Waals surface area contributed by atoms with Gasteiger partial charge in [-0.1, -0.05) is 0 Å². The lowest BCUT2D eigenvalue weighted by atomic mass is 10.2. The normalized spacial score (nSPS) is 17.8. The molecule has 1 N–H and O–H groups in total. The number of rotatable bonds is 4. The summed E-state index contributed by atoms with van der Waals surface area (Å²) in [5.74, 6) is 0.212. The first-order chi connectivity index (χ1) is 14.6. The maximum absolute atomic E-state index is 12.7. The Labute approximate surface area is 174 Å². The predicted octanol–water partition coefficient (Wildman–Crippen LogP) is 2.93. The van der Waals surface area contributed by atoms with E-state index in [0.717, 1.165) is 12.1 Å². The minimum absolute atomic E-state index is 0.0770. The number of fused-ring (bicyclic) bond motifs is 1. The van der Waals surface area contributed by atoms with Gasteiger partial charge in [-0.2, -0.15) is 13.2 Å². The summed E-state index contributed by atoms with van der Waals surface area (Å²) >= 11 is 0. The summed E-state index contributed by atoms with van der Waals surface area (Å²) in [6.45, 7) is 0.136. The van der Waals surface area contributed by atoms with Crippen molar-refractivity contribution >= 4 is 17.6 Å². The molecule has 4 rings (SSSR count). The fourth-order valence-electron chi connectivity index (χ4n) is 3.20. The molecule has 1 atom stereocenters. The maximum Gasteiger partial charge on any atom is 0.417 e. The SMILES string of the molecule is CN1C[C@@H](C(=O)Nc2cc(Oc3ccc(C(F)(F)F)cn3)cc3c2OCO3)N(C)C1=O. The van der Waals surface area contributed by atoms with Crippen LogP contribution >= 0.6 is 0 Å². The minimum atomic E-state index is -4.51. The van der Waals surface area contributed by atoms with Gasteiger partial charge in [-0.05, 0) is 6.07 Å². The molecule has 0 radical (unpaired) electrons. The van der Waals surface area contributed by atoms with Crippen LogP contribution < -0.4 is 19.5 Å². The summed E-state index contributed by atoms with van der Waals surface area (Å²) < 4.78 is 54.4. The number of alkyl halides is 3. The lowest BCUT2D eigenvalue weighted by molar-refractivity contribution is -0.137. The van der Waals surface area contributed by atoms with Crippen molar-refractivity contribution in [2.24, 2.45) is 0 Å². The van der Waals surface area contributed by atoms with Crippen LogP contribution in [-0.2, 0) is 11.0 Å². The summed E-state index contributed by atoms with van der Waals surface area (Å²) in [5, 5.41) is 2.70. The van der Waals surface area contributed by atoms with Gasteiger partial charge in [0.15, 0.2) is 11.5 Å². The zero-order valence-corrected chi connectivity index (χ0v) is 16.4. The number of aromatic nitrogens is 1. The Balaban J connectivity index is 1.56. The van der Waals surface area contributed by atoms with Gasteiger partial charge >= 0.3 is 12.2 Å². The van der Waals surface area contributed by atoms with E-state index in [1.165, 1.54) is 29.0 Å². The van der Waals surface area contributed by atoms with Gasteiger partial charge in [0.05, 0.1) is 17.8 Å². The highest BCUT2D eigenvalue weighted by Gasteiger charge is 2.37. The molecule has 3 amide bonds. The molecule has 2 aliphatic rings. The van der Waals surface area contributed by atoms with Crippen LogP contribution in [-0.4, -0.2) is 60.2 Å². The number of urea groups is 1. The molecular weight excluding hydrogens is 421 g/mol. The fraction of sp³-hybridized carbons (Fsp3) is 0.316. The van der Waals surface area contributed by atoms with Gasteiger partial charge < -0.3 is 29.3 Å². The summed E-state index contributed by atoms with van der Waals surface area (Å²) in [5.41, 5.74) is -0.670. The summed E-state index contributed by atoms with van der Waals surface area (Å²) in [4.78, 5) is 31.1. The number of benzene rings is 1. The van der Waals surface area contributed by atoms with Crippen LogP contribution in [0.2, 0.25) is 0 Å². The monoisotopic (exact) mass is 438 g/mol. The zero-order valence-electron chi connectivity index (χ0n) is 16.4. The van der Waals surface area contributed by atoms with Gasteiger partial charge in [-0.25, -0.2) is 9.78 Å². The number of ether oxygens (including phenoxy) is 3. The predicted molar refractivity (Wildman–Crippen MR) is 100 cm³/mol. The van der Waals surface area contributed by atoms with E-state index >= 15 is 0 Å². The Kier molecular flexibility index (Phi) is 4.99. The molecule has 2 aromatic rings. The molecule has 2 aliphatic heterocycles. The van der Waals surface area contributed by atoms with Crippen LogP contribution in [0.5, 0.6) is 23.1 Å². The molecule has 1 saturated heterocycles. The van der Waals surface area contributed by atoms with Crippen molar-refractivity contribution in [3.63, 3.8) is 0 Å². The number of nitrogens with zero attached hydrogens (tertiary/aromatic N) is 3. The third kappa shape index (κ3) is 4.00. The quantitative estimate of drug-likeness (QED) is 0.789. The van der Waals surface area contributed by atoms with E-state index in [0.29, 0.717) is 6.20 Å². The molecule has 1 fully saturated rings. The third-order valence-corrected chi connectivity index (χ3v) is 4.84. The number of carbonyl (C=O) groups excluding carboxylic acids is 2. The van der Waals surface area contributed by atoms with E-state index < -0.39 is 23.7 Å². The molecule has 0 saturated carbocycles. The molecule has 164 valence electrons. The van der Waals surface area contributed by atoms with Crippen molar-refractivity contribution in [3.05, 3.63) is 36.0 Å². The van der Waals surface area contributed by atoms with Gasteiger partial charge in [0.1, 0.15) is 11.8 Å². The van der Waals surface area contributed by atoms with E-state index in [1.54, 1.807) is 7.05 Å². The molecule has 0 unspecified atom stereocenters. The highest BCUT2D eigenvalue weighted by Crippen LogP contribution is 2.43. The van der Waals surface area contributed by atoms with Gasteiger partial charge in [-0.15, -0.1) is 0 Å². The zero-order chi connectivity index (χ0) is 22.3. The van der Waals surface area contributed by atoms with Crippen LogP contribution in [0.4, 0.5) is 23.7 Å². The fourth-order valence-corrected chi connectivity index (χ4v) is 3.20. The summed E-state index contributed by atoms with van der Waals surface area (Å²) in [6, 6.07) is 3.84. The number of pyridine rings is 1. The second-order valence-electron chi connectivity index (χ2n) is 6.97. The largest absolute Gasteiger partial charge is 0.453 e. The standard InChI is InChI=1S/C19H17F3N4O5/c1-25-8-13(26(2)18(25)28)17(27)24-12-5-11(6-14-16(12)30-9-29-14)31-15-4-3-10(7-23-15)19(20,21)22/h3-7,13H,8-9H2,1-2H3,(H,24,27)/t13-/m0/s1. The summed E-state index contributed by atoms with van der Waals surface area (Å²) in [7, 11) is 3.11. The van der Waals surface area contributed by atoms with Gasteiger partial charge in [-0.3, -0.25) is 4.79 Å². The van der Waals surface area contributed by atoms with Crippen molar-refractivity contribution < 1.29 is 37.0 Å². The first kappa shape index (κ1) is 20.6. The molecule has 0 aliphatic carbocycles. The number of anilines is 1. The average molecular weight is 438 g/mol. The van der Waals surface area contributed by atoms with Gasteiger partial charge in [0.2, 0.25) is 18.6 Å². The van der Waals surface area contributed by atoms with Crippen LogP contribution in [0.3, 0.4) is 0 Å². The lowest BCUT2D eigenvalue weighted by Gasteiger charge is -2.18. The molecule has 0 spiro atoms. The number of amides is 3. The molecule has 0 bridgehead atoms. The Morgan fingerprint density at radius 1 is 1.26 bits per heavy atom. The molecule has 1 aromatic carbocycles. The van der Waals surface area contributed by atoms with Crippen molar-refractivity contribution in [2.75, 3.05) is 32.7 Å². The van der Waals surface area contributed by atoms with Crippen LogP contribution in [0.1, 0.15) is 5.56 Å². The Morgan fingerprint density at radius 2 is 2.03 bits per heavy atom. The minimum Gasteiger partial charge on any atom is -0.453 e. The number of likely N-dealkylation sites (N-methyl/N-ethyl adjacent to an activating group) is 2. The van der Waals surface area contributed by atoms with Gasteiger partial charge in [0.25, 0.3) is 0 Å². The van der Waals surface area contributed by atoms with Crippen LogP contribution in [0, 0.1) is 0 Å². The average Bonchev–Trinajstić information content (AvgIpc) is 3.28. The van der Waals surface area contributed by atoms with Crippen LogP contribution in [0.25, 0.3) is 0 Å². The molecule has 1 aromatic heterocycles. The van der Waals surface area contributed by atoms with Crippen molar-refractivity contribution in [3.8, 4) is 23.1 Å². The molecule has 12 heteroatoms. The van der Waals surface area contributed by atoms with E-state index in [1.807, 2.05) is 0 Å². The third-order valence-electron chi connectivity index (χ3n) is 4.84. The molecular formula is C19H17F3N4O5. The topological polar surface area (TPSA) is 93.2 Å². The Hall–Kier alpha value is -3.70. The number of halogens is 3. The summed E-state index contributed by atoms with van der Waals surface area (Å²) in [6.07, 6.45) is -3.85. The first-order valence-electron chi connectivity index (χ1n) is 9.07. The Morgan fingerprint density at radius 3 is 2.65 bits per heavy atom. The maximum atomic E-state index is 12.7. The first-order valence-corrected chi connectivity index (χ1v) is 9.07. The number of carbonyl (C=O) groups is 2. The molecule has 31 heavy (non-hydrogen) atoms. The van der Waals surface area contributed by atoms with E-state index in [-0.39, 0.29) is 48.2 Å². The highest BCUT2D eigenvalue weighted by molar-refractivity contribution is 6.00. The van der Waals surface area contributed by atoms with Crippen molar-refractivity contribution in [2.45, 2.75) is 12.2 Å². The van der Waals surface area contributed by atoms with E-state index in [2.05, 4.69) is 10.3 Å². The molecule has 3 heterocycles. The second-order valence-corrected chi connectivity index (χ2v) is 6.97. The second kappa shape index (κ2) is 7.52. The molecule has 9 nitrogen and oxygen atoms in total. The van der Waals surface area contributed by atoms with E-state index in [9.17, 15) is 22.8 Å². The van der Waals surface area contributed by atoms with Crippen molar-refractivity contribution in [1.29, 1.82) is 0 Å².